The second-order valence-electron chi connectivity index (χ2n) is 10.9. The van der Waals surface area contributed by atoms with E-state index in [0.717, 1.165) is 77.3 Å². The minimum absolute atomic E-state index is 0.00664. The van der Waals surface area contributed by atoms with Crippen LogP contribution in [-0.4, -0.2) is 69.7 Å². The molecule has 1 N–H and O–H groups in total. The van der Waals surface area contributed by atoms with E-state index < -0.39 is 16.4 Å². The third-order valence-electron chi connectivity index (χ3n) is 8.56. The van der Waals surface area contributed by atoms with Crippen molar-refractivity contribution in [3.63, 3.8) is 0 Å². The molecule has 7 nitrogen and oxygen atoms in total. The van der Waals surface area contributed by atoms with Crippen LogP contribution in [0.4, 0.5) is 4.39 Å². The normalized spacial score (nSPS) is 31.9. The second kappa shape index (κ2) is 11.7. The zero-order chi connectivity index (χ0) is 25.7. The third kappa shape index (κ3) is 6.07. The molecule has 1 aliphatic heterocycles. The molecular formula is C26H40BrFN4O3. The number of halogens is 2. The molecule has 2 bridgehead atoms. The van der Waals surface area contributed by atoms with Crippen molar-refractivity contribution in [3.8, 4) is 6.07 Å². The van der Waals surface area contributed by atoms with Crippen LogP contribution >= 0.6 is 15.9 Å². The zero-order valence-corrected chi connectivity index (χ0v) is 22.8. The average molecular weight is 556 g/mol. The van der Waals surface area contributed by atoms with Gasteiger partial charge in [-0.05, 0) is 67.3 Å². The molecule has 35 heavy (non-hydrogen) atoms. The summed E-state index contributed by atoms with van der Waals surface area (Å²) in [5.41, 5.74) is -1.92. The van der Waals surface area contributed by atoms with Gasteiger partial charge < -0.3 is 15.1 Å². The number of fused-ring (bicyclic) bond motifs is 3. The SMILES string of the molecule is CCCCN(CCCC)C(=O)C12CCC(NCC(=O)N3C[C@@H](F)C[C@@]3(C#N)CC(=O)Br)(CC1)CC2. The van der Waals surface area contributed by atoms with Crippen molar-refractivity contribution >= 4 is 32.4 Å². The van der Waals surface area contributed by atoms with Crippen molar-refractivity contribution in [1.82, 2.24) is 15.1 Å². The van der Waals surface area contributed by atoms with Crippen molar-refractivity contribution in [1.29, 1.82) is 5.26 Å². The van der Waals surface area contributed by atoms with E-state index in [0.29, 0.717) is 5.91 Å². The molecule has 3 aliphatic carbocycles. The minimum Gasteiger partial charge on any atom is -0.342 e. The summed E-state index contributed by atoms with van der Waals surface area (Å²) >= 11 is 2.84. The molecule has 2 atom stereocenters. The summed E-state index contributed by atoms with van der Waals surface area (Å²) in [5.74, 6) is -0.0355. The highest BCUT2D eigenvalue weighted by atomic mass is 79.9. The van der Waals surface area contributed by atoms with Gasteiger partial charge in [0.2, 0.25) is 16.5 Å². The van der Waals surface area contributed by atoms with Crippen molar-refractivity contribution in [2.45, 2.75) is 108 Å². The number of unbranched alkanes of at least 4 members (excludes halogenated alkanes) is 2. The monoisotopic (exact) mass is 554 g/mol. The van der Waals surface area contributed by atoms with Gasteiger partial charge in [-0.3, -0.25) is 14.4 Å². The molecular weight excluding hydrogens is 515 g/mol. The Kier molecular flexibility index (Phi) is 9.36. The largest absolute Gasteiger partial charge is 0.342 e. The Balaban J connectivity index is 1.61. The molecule has 0 aromatic carbocycles. The summed E-state index contributed by atoms with van der Waals surface area (Å²) in [5, 5.41) is 13.2. The lowest BCUT2D eigenvalue weighted by atomic mass is 9.56. The Morgan fingerprint density at radius 3 is 2.14 bits per heavy atom. The van der Waals surface area contributed by atoms with E-state index in [1.807, 2.05) is 6.07 Å². The Morgan fingerprint density at radius 1 is 1.09 bits per heavy atom. The maximum atomic E-state index is 14.2. The molecule has 196 valence electrons. The summed E-state index contributed by atoms with van der Waals surface area (Å²) in [7, 11) is 0. The van der Waals surface area contributed by atoms with Crippen LogP contribution in [0.3, 0.4) is 0 Å². The summed E-state index contributed by atoms with van der Waals surface area (Å²) in [6, 6.07) is 2.04. The predicted molar refractivity (Wildman–Crippen MR) is 135 cm³/mol. The number of carbonyl (C=O) groups is 3. The van der Waals surface area contributed by atoms with Gasteiger partial charge in [0.1, 0.15) is 11.7 Å². The number of nitrogens with zero attached hydrogens (tertiary/aromatic N) is 3. The standard InChI is InChI=1S/C26H40BrFN4O3/c1-3-5-13-31(14-6-4-2)23(35)24-7-10-25(11-8-24,12-9-24)30-17-22(34)32-18-20(28)15-26(32,19-29)16-21(27)33/h20,30H,3-18H2,1-2H3/t20-,24?,25?,26-/m0/s1. The number of nitrogens with one attached hydrogen (secondary N) is 1. The quantitative estimate of drug-likeness (QED) is 0.364. The maximum absolute atomic E-state index is 14.2. The van der Waals surface area contributed by atoms with E-state index in [-0.39, 0.29) is 42.8 Å². The molecule has 0 radical (unpaired) electrons. The van der Waals surface area contributed by atoms with Crippen LogP contribution in [0.15, 0.2) is 0 Å². The van der Waals surface area contributed by atoms with Gasteiger partial charge in [-0.15, -0.1) is 0 Å². The van der Waals surface area contributed by atoms with E-state index >= 15 is 0 Å². The predicted octanol–water partition coefficient (Wildman–Crippen LogP) is 4.24. The lowest BCUT2D eigenvalue weighted by Gasteiger charge is -2.54. The van der Waals surface area contributed by atoms with Gasteiger partial charge in [-0.1, -0.05) is 26.7 Å². The topological polar surface area (TPSA) is 93.5 Å². The number of hydrogen-bond acceptors (Lipinski definition) is 5. The van der Waals surface area contributed by atoms with Crippen LogP contribution < -0.4 is 5.32 Å². The molecule has 4 rings (SSSR count). The average Bonchev–Trinajstić information content (AvgIpc) is 3.19. The van der Waals surface area contributed by atoms with E-state index in [1.54, 1.807) is 0 Å². The van der Waals surface area contributed by atoms with E-state index in [4.69, 9.17) is 0 Å². The van der Waals surface area contributed by atoms with Gasteiger partial charge in [0, 0.05) is 30.5 Å². The van der Waals surface area contributed by atoms with Gasteiger partial charge >= 0.3 is 0 Å². The molecule has 0 spiro atoms. The van der Waals surface area contributed by atoms with Gasteiger partial charge in [0.15, 0.2) is 0 Å². The summed E-state index contributed by atoms with van der Waals surface area (Å²) < 4.78 is 13.8. The summed E-state index contributed by atoms with van der Waals surface area (Å²) in [6.45, 7) is 5.81. The van der Waals surface area contributed by atoms with Crippen LogP contribution in [0, 0.1) is 16.7 Å². The molecule has 3 saturated carbocycles. The van der Waals surface area contributed by atoms with E-state index in [2.05, 4.69) is 40.0 Å². The number of rotatable bonds is 12. The fourth-order valence-corrected chi connectivity index (χ4v) is 6.74. The molecule has 1 heterocycles. The lowest BCUT2D eigenvalue weighted by Crippen LogP contribution is -2.61. The molecule has 0 unspecified atom stereocenters. The minimum atomic E-state index is -1.43. The highest BCUT2D eigenvalue weighted by Crippen LogP contribution is 2.53. The zero-order valence-electron chi connectivity index (χ0n) is 21.2. The number of hydrogen-bond donors (Lipinski definition) is 1. The summed E-state index contributed by atoms with van der Waals surface area (Å²) in [6.07, 6.45) is 7.45. The maximum Gasteiger partial charge on any atom is 0.237 e. The van der Waals surface area contributed by atoms with E-state index in [1.165, 1.54) is 4.90 Å². The van der Waals surface area contributed by atoms with Crippen molar-refractivity contribution in [2.24, 2.45) is 5.41 Å². The number of alkyl halides is 1. The smallest absolute Gasteiger partial charge is 0.237 e. The van der Waals surface area contributed by atoms with Gasteiger partial charge in [-0.2, -0.15) is 5.26 Å². The second-order valence-corrected chi connectivity index (χ2v) is 11.8. The molecule has 2 amide bonds. The molecule has 1 saturated heterocycles. The lowest BCUT2D eigenvalue weighted by molar-refractivity contribution is -0.150. The fraction of sp³-hybridized carbons (Fsp3) is 0.846. The Morgan fingerprint density at radius 2 is 1.66 bits per heavy atom. The molecule has 4 fully saturated rings. The number of amides is 2. The van der Waals surface area contributed by atoms with Crippen molar-refractivity contribution in [2.75, 3.05) is 26.2 Å². The number of likely N-dealkylation sites (tertiary alicyclic amines) is 1. The first-order valence-corrected chi connectivity index (χ1v) is 14.0. The first-order valence-electron chi connectivity index (χ1n) is 13.2. The molecule has 0 aromatic heterocycles. The van der Waals surface area contributed by atoms with Gasteiger partial charge in [0.25, 0.3) is 0 Å². The Bertz CT molecular complexity index is 814. The summed E-state index contributed by atoms with van der Waals surface area (Å²) in [4.78, 5) is 41.7. The Hall–Kier alpha value is -1.53. The highest BCUT2D eigenvalue weighted by Gasteiger charge is 2.54. The van der Waals surface area contributed by atoms with Crippen LogP contribution in [0.5, 0.6) is 0 Å². The van der Waals surface area contributed by atoms with Crippen molar-refractivity contribution in [3.05, 3.63) is 0 Å². The van der Waals surface area contributed by atoms with Crippen LogP contribution in [-0.2, 0) is 14.4 Å². The highest BCUT2D eigenvalue weighted by molar-refractivity contribution is 9.18. The number of nitriles is 1. The first-order chi connectivity index (χ1) is 16.6. The molecule has 0 aromatic rings. The van der Waals surface area contributed by atoms with Crippen LogP contribution in [0.2, 0.25) is 0 Å². The molecule has 4 aliphatic rings. The fourth-order valence-electron chi connectivity index (χ4n) is 6.28. The first kappa shape index (κ1) is 28.0. The third-order valence-corrected chi connectivity index (χ3v) is 8.84. The molecule has 9 heteroatoms. The Labute approximate surface area is 217 Å². The van der Waals surface area contributed by atoms with Gasteiger partial charge in [-0.25, -0.2) is 4.39 Å². The van der Waals surface area contributed by atoms with E-state index in [9.17, 15) is 24.0 Å². The number of carbonyl (C=O) groups excluding carboxylic acids is 3. The van der Waals surface area contributed by atoms with Crippen LogP contribution in [0.25, 0.3) is 0 Å². The van der Waals surface area contributed by atoms with Crippen molar-refractivity contribution < 1.29 is 18.8 Å². The van der Waals surface area contributed by atoms with Gasteiger partial charge in [0.05, 0.1) is 25.6 Å². The van der Waals surface area contributed by atoms with Crippen LogP contribution in [0.1, 0.15) is 90.9 Å².